The van der Waals surface area contributed by atoms with E-state index < -0.39 is 0 Å². The molecule has 136 valence electrons. The summed E-state index contributed by atoms with van der Waals surface area (Å²) in [6, 6.07) is 13.2. The third-order valence-electron chi connectivity index (χ3n) is 5.42. The molecule has 2 aromatic rings. The molecule has 3 heterocycles. The zero-order valence-electron chi connectivity index (χ0n) is 15.1. The van der Waals surface area contributed by atoms with Gasteiger partial charge in [-0.15, -0.1) is 0 Å². The van der Waals surface area contributed by atoms with Crippen LogP contribution in [0.25, 0.3) is 0 Å². The molecular weight excluding hydrogens is 328 g/mol. The summed E-state index contributed by atoms with van der Waals surface area (Å²) in [5.74, 6) is 1.63. The van der Waals surface area contributed by atoms with E-state index in [-0.39, 0.29) is 17.4 Å². The van der Waals surface area contributed by atoms with Gasteiger partial charge < -0.3 is 14.2 Å². The quantitative estimate of drug-likeness (QED) is 0.849. The Labute approximate surface area is 153 Å². The van der Waals surface area contributed by atoms with Gasteiger partial charge in [-0.2, -0.15) is 0 Å². The fourth-order valence-electron chi connectivity index (χ4n) is 4.26. The van der Waals surface area contributed by atoms with Crippen LogP contribution in [0, 0.1) is 5.92 Å². The number of aromatic nitrogens is 1. The molecule has 4 rings (SSSR count). The van der Waals surface area contributed by atoms with Gasteiger partial charge in [-0.3, -0.25) is 9.59 Å². The summed E-state index contributed by atoms with van der Waals surface area (Å²) in [5.41, 5.74) is 2.16. The van der Waals surface area contributed by atoms with E-state index in [2.05, 4.69) is 0 Å². The van der Waals surface area contributed by atoms with E-state index in [1.165, 1.54) is 0 Å². The molecule has 0 aliphatic carbocycles. The minimum Gasteiger partial charge on any atom is -0.494 e. The summed E-state index contributed by atoms with van der Waals surface area (Å²) in [6.07, 6.45) is 1.48. The molecule has 2 atom stereocenters. The zero-order valence-corrected chi connectivity index (χ0v) is 15.1. The van der Waals surface area contributed by atoms with Gasteiger partial charge in [0.05, 0.1) is 13.0 Å². The van der Waals surface area contributed by atoms with Gasteiger partial charge in [0.1, 0.15) is 5.75 Å². The van der Waals surface area contributed by atoms with Crippen molar-refractivity contribution >= 4 is 5.91 Å². The average Bonchev–Trinajstić information content (AvgIpc) is 2.64. The van der Waals surface area contributed by atoms with E-state index in [0.29, 0.717) is 25.5 Å². The number of nitrogens with zero attached hydrogens (tertiary/aromatic N) is 2. The molecular formula is C21H24N2O3. The lowest BCUT2D eigenvalue weighted by atomic mass is 9.83. The third-order valence-corrected chi connectivity index (χ3v) is 5.42. The van der Waals surface area contributed by atoms with Crippen molar-refractivity contribution in [3.63, 3.8) is 0 Å². The van der Waals surface area contributed by atoms with Crippen molar-refractivity contribution in [3.05, 3.63) is 64.1 Å². The second-order valence-corrected chi connectivity index (χ2v) is 7.25. The molecule has 1 amide bonds. The summed E-state index contributed by atoms with van der Waals surface area (Å²) in [4.78, 5) is 26.9. The minimum absolute atomic E-state index is 0.0753. The van der Waals surface area contributed by atoms with Crippen LogP contribution in [-0.4, -0.2) is 35.1 Å². The second kappa shape index (κ2) is 6.98. The fourth-order valence-corrected chi connectivity index (χ4v) is 4.26. The van der Waals surface area contributed by atoms with Crippen molar-refractivity contribution in [1.82, 2.24) is 9.47 Å². The Morgan fingerprint density at radius 2 is 1.92 bits per heavy atom. The first kappa shape index (κ1) is 16.9. The summed E-state index contributed by atoms with van der Waals surface area (Å²) in [6.45, 7) is 4.76. The fraction of sp³-hybridized carbons (Fsp3) is 0.429. The largest absolute Gasteiger partial charge is 0.494 e. The van der Waals surface area contributed by atoms with Gasteiger partial charge in [0.15, 0.2) is 0 Å². The van der Waals surface area contributed by atoms with E-state index in [4.69, 9.17) is 4.74 Å². The van der Waals surface area contributed by atoms with E-state index >= 15 is 0 Å². The highest BCUT2D eigenvalue weighted by Gasteiger charge is 2.36. The standard InChI is InChI=1S/C21H24N2O3/c1-2-26-18-8-6-15(7-9-18)11-21(25)22-12-16-10-17(14-22)19-4-3-5-20(24)23(19)13-16/h3-9,16-17H,2,10-14H2,1H3/t16-,17+/m0/s1. The number of hydrogen-bond donors (Lipinski definition) is 0. The van der Waals surface area contributed by atoms with Gasteiger partial charge in [-0.1, -0.05) is 18.2 Å². The van der Waals surface area contributed by atoms with Crippen LogP contribution in [0.5, 0.6) is 5.75 Å². The van der Waals surface area contributed by atoms with E-state index in [0.717, 1.165) is 36.5 Å². The molecule has 5 nitrogen and oxygen atoms in total. The van der Waals surface area contributed by atoms with Crippen LogP contribution in [0.2, 0.25) is 0 Å². The van der Waals surface area contributed by atoms with Gasteiger partial charge >= 0.3 is 0 Å². The maximum absolute atomic E-state index is 12.8. The molecule has 0 unspecified atom stereocenters. The topological polar surface area (TPSA) is 51.5 Å². The van der Waals surface area contributed by atoms with Crippen LogP contribution in [0.1, 0.15) is 30.5 Å². The summed E-state index contributed by atoms with van der Waals surface area (Å²) < 4.78 is 7.35. The normalized spacial score (nSPS) is 21.2. The van der Waals surface area contributed by atoms with Gasteiger partial charge in [0, 0.05) is 37.3 Å². The molecule has 0 N–H and O–H groups in total. The highest BCUT2D eigenvalue weighted by atomic mass is 16.5. The average molecular weight is 352 g/mol. The van der Waals surface area contributed by atoms with Crippen LogP contribution in [0.4, 0.5) is 0 Å². The molecule has 2 aliphatic rings. The van der Waals surface area contributed by atoms with E-state index in [1.54, 1.807) is 6.07 Å². The molecule has 0 spiro atoms. The Morgan fingerprint density at radius 1 is 1.12 bits per heavy atom. The highest BCUT2D eigenvalue weighted by molar-refractivity contribution is 5.79. The first-order chi connectivity index (χ1) is 12.6. The van der Waals surface area contributed by atoms with Crippen molar-refractivity contribution in [2.45, 2.75) is 32.2 Å². The predicted molar refractivity (Wildman–Crippen MR) is 99.4 cm³/mol. The van der Waals surface area contributed by atoms with Crippen molar-refractivity contribution in [1.29, 1.82) is 0 Å². The monoisotopic (exact) mass is 352 g/mol. The molecule has 1 aromatic carbocycles. The zero-order chi connectivity index (χ0) is 18.1. The van der Waals surface area contributed by atoms with Crippen molar-refractivity contribution in [2.75, 3.05) is 19.7 Å². The number of carbonyl (C=O) groups is 1. The summed E-state index contributed by atoms with van der Waals surface area (Å²) in [5, 5.41) is 0. The molecule has 0 radical (unpaired) electrons. The van der Waals surface area contributed by atoms with Crippen LogP contribution >= 0.6 is 0 Å². The third kappa shape index (κ3) is 3.26. The minimum atomic E-state index is 0.0753. The van der Waals surface area contributed by atoms with Crippen LogP contribution in [0.3, 0.4) is 0 Å². The maximum Gasteiger partial charge on any atom is 0.250 e. The Kier molecular flexibility index (Phi) is 4.53. The van der Waals surface area contributed by atoms with Crippen LogP contribution in [-0.2, 0) is 17.8 Å². The SMILES string of the molecule is CCOc1ccc(CC(=O)N2C[C@@H]3C[C@H](C2)c2cccc(=O)n2C3)cc1. The molecule has 1 saturated heterocycles. The number of piperidine rings is 1. The van der Waals surface area contributed by atoms with Gasteiger partial charge in [0.2, 0.25) is 5.91 Å². The smallest absolute Gasteiger partial charge is 0.250 e. The summed E-state index contributed by atoms with van der Waals surface area (Å²) >= 11 is 0. The number of rotatable bonds is 4. The van der Waals surface area contributed by atoms with Crippen molar-refractivity contribution < 1.29 is 9.53 Å². The molecule has 26 heavy (non-hydrogen) atoms. The maximum atomic E-state index is 12.8. The predicted octanol–water partition coefficient (Wildman–Crippen LogP) is 2.44. The molecule has 0 saturated carbocycles. The highest BCUT2D eigenvalue weighted by Crippen LogP contribution is 2.35. The number of amides is 1. The molecule has 2 aliphatic heterocycles. The van der Waals surface area contributed by atoms with Gasteiger partial charge in [-0.05, 0) is 43.0 Å². The first-order valence-electron chi connectivity index (χ1n) is 9.33. The molecule has 1 aromatic heterocycles. The molecule has 5 heteroatoms. The first-order valence-corrected chi connectivity index (χ1v) is 9.33. The van der Waals surface area contributed by atoms with Gasteiger partial charge in [-0.25, -0.2) is 0 Å². The summed E-state index contributed by atoms with van der Waals surface area (Å²) in [7, 11) is 0. The van der Waals surface area contributed by atoms with Crippen LogP contribution in [0.15, 0.2) is 47.3 Å². The Morgan fingerprint density at radius 3 is 2.69 bits per heavy atom. The Balaban J connectivity index is 1.46. The second-order valence-electron chi connectivity index (χ2n) is 7.25. The van der Waals surface area contributed by atoms with Crippen molar-refractivity contribution in [2.24, 2.45) is 5.92 Å². The number of pyridine rings is 1. The Hall–Kier alpha value is -2.56. The lowest BCUT2D eigenvalue weighted by molar-refractivity contribution is -0.133. The Bertz CT molecular complexity index is 856. The molecule has 1 fully saturated rings. The van der Waals surface area contributed by atoms with Crippen LogP contribution < -0.4 is 10.3 Å². The van der Waals surface area contributed by atoms with Crippen molar-refractivity contribution in [3.8, 4) is 5.75 Å². The van der Waals surface area contributed by atoms with Gasteiger partial charge in [0.25, 0.3) is 5.56 Å². The lowest BCUT2D eigenvalue weighted by Crippen LogP contribution is -2.49. The number of likely N-dealkylation sites (tertiary alicyclic amines) is 1. The number of carbonyl (C=O) groups excluding carboxylic acids is 1. The number of ether oxygens (including phenoxy) is 1. The number of benzene rings is 1. The number of fused-ring (bicyclic) bond motifs is 4. The lowest BCUT2D eigenvalue weighted by Gasteiger charge is -2.42. The van der Waals surface area contributed by atoms with E-state index in [9.17, 15) is 9.59 Å². The number of hydrogen-bond acceptors (Lipinski definition) is 3. The molecule has 2 bridgehead atoms. The van der Waals surface area contributed by atoms with E-state index in [1.807, 2.05) is 52.8 Å².